The second kappa shape index (κ2) is 4.49. The molecule has 0 amide bonds. The molecule has 0 saturated heterocycles. The van der Waals surface area contributed by atoms with Crippen molar-refractivity contribution in [2.45, 2.75) is 39.5 Å². The molecule has 0 fully saturated rings. The standard InChI is InChI=1S/C14H17N3OS/c1-8-7-19-9(2)12(8)14(18)17-11-6-4-3-5-10(11)13(15)16-17/h7H,3-6H2,1-2H3,(H2,15,16). The highest BCUT2D eigenvalue weighted by Crippen LogP contribution is 2.28. The lowest BCUT2D eigenvalue weighted by molar-refractivity contribution is 0.0940. The van der Waals surface area contributed by atoms with Gasteiger partial charge in [0.05, 0.1) is 11.3 Å². The van der Waals surface area contributed by atoms with E-state index in [0.717, 1.165) is 52.9 Å². The highest BCUT2D eigenvalue weighted by atomic mass is 32.1. The summed E-state index contributed by atoms with van der Waals surface area (Å²) in [6.45, 7) is 3.94. The van der Waals surface area contributed by atoms with Crippen molar-refractivity contribution in [3.8, 4) is 0 Å². The first-order valence-corrected chi connectivity index (χ1v) is 7.43. The van der Waals surface area contributed by atoms with Crippen molar-refractivity contribution in [1.29, 1.82) is 0 Å². The highest BCUT2D eigenvalue weighted by Gasteiger charge is 2.25. The number of hydrogen-bond donors (Lipinski definition) is 1. The first-order valence-electron chi connectivity index (χ1n) is 6.55. The summed E-state index contributed by atoms with van der Waals surface area (Å²) in [5.41, 5.74) is 9.83. The molecular formula is C14H17N3OS. The van der Waals surface area contributed by atoms with E-state index in [1.54, 1.807) is 11.3 Å². The number of nitrogens with zero attached hydrogens (tertiary/aromatic N) is 2. The molecule has 2 N–H and O–H groups in total. The van der Waals surface area contributed by atoms with Crippen LogP contribution in [0.3, 0.4) is 0 Å². The minimum atomic E-state index is -0.0360. The first-order chi connectivity index (χ1) is 9.09. The molecule has 0 unspecified atom stereocenters. The van der Waals surface area contributed by atoms with Gasteiger partial charge in [0, 0.05) is 10.4 Å². The molecule has 1 aliphatic rings. The van der Waals surface area contributed by atoms with Crippen LogP contribution < -0.4 is 5.73 Å². The molecule has 0 saturated carbocycles. The predicted octanol–water partition coefficient (Wildman–Crippen LogP) is 2.71. The van der Waals surface area contributed by atoms with E-state index in [2.05, 4.69) is 5.10 Å². The molecule has 5 heteroatoms. The highest BCUT2D eigenvalue weighted by molar-refractivity contribution is 7.10. The van der Waals surface area contributed by atoms with Crippen molar-refractivity contribution in [3.05, 3.63) is 32.6 Å². The van der Waals surface area contributed by atoms with E-state index in [0.29, 0.717) is 5.82 Å². The summed E-state index contributed by atoms with van der Waals surface area (Å²) in [4.78, 5) is 13.7. The minimum absolute atomic E-state index is 0.0360. The van der Waals surface area contributed by atoms with Crippen LogP contribution in [0.25, 0.3) is 0 Å². The number of aryl methyl sites for hydroxylation is 2. The maximum atomic E-state index is 12.7. The largest absolute Gasteiger partial charge is 0.382 e. The lowest BCUT2D eigenvalue weighted by Gasteiger charge is -2.13. The third kappa shape index (κ3) is 1.89. The second-order valence-corrected chi connectivity index (χ2v) is 6.17. The predicted molar refractivity (Wildman–Crippen MR) is 76.8 cm³/mol. The molecule has 0 aromatic carbocycles. The van der Waals surface area contributed by atoms with Crippen LogP contribution in [-0.2, 0) is 12.8 Å². The van der Waals surface area contributed by atoms with E-state index in [1.165, 1.54) is 4.68 Å². The van der Waals surface area contributed by atoms with E-state index in [1.807, 2.05) is 19.2 Å². The normalized spacial score (nSPS) is 14.4. The van der Waals surface area contributed by atoms with Crippen LogP contribution in [0.4, 0.5) is 5.82 Å². The quantitative estimate of drug-likeness (QED) is 0.870. The Balaban J connectivity index is 2.10. The molecule has 0 aliphatic heterocycles. The summed E-state index contributed by atoms with van der Waals surface area (Å²) in [6.07, 6.45) is 4.07. The third-order valence-corrected chi connectivity index (χ3v) is 4.81. The molecule has 1 aliphatic carbocycles. The number of fused-ring (bicyclic) bond motifs is 1. The lowest BCUT2D eigenvalue weighted by Crippen LogP contribution is -2.19. The Morgan fingerprint density at radius 3 is 2.79 bits per heavy atom. The topological polar surface area (TPSA) is 60.9 Å². The summed E-state index contributed by atoms with van der Waals surface area (Å²) in [5.74, 6) is 0.486. The van der Waals surface area contributed by atoms with Gasteiger partial charge in [-0.2, -0.15) is 4.68 Å². The van der Waals surface area contributed by atoms with E-state index in [-0.39, 0.29) is 5.91 Å². The number of carbonyl (C=O) groups is 1. The van der Waals surface area contributed by atoms with Crippen molar-refractivity contribution in [1.82, 2.24) is 9.78 Å². The third-order valence-electron chi connectivity index (χ3n) is 3.78. The number of anilines is 1. The summed E-state index contributed by atoms with van der Waals surface area (Å²) in [5, 5.41) is 6.30. The number of nitrogens with two attached hydrogens (primary N) is 1. The van der Waals surface area contributed by atoms with Crippen molar-refractivity contribution in [2.24, 2.45) is 0 Å². The fourth-order valence-electron chi connectivity index (χ4n) is 2.79. The Morgan fingerprint density at radius 1 is 1.37 bits per heavy atom. The van der Waals surface area contributed by atoms with Gasteiger partial charge < -0.3 is 5.73 Å². The summed E-state index contributed by atoms with van der Waals surface area (Å²) in [6, 6.07) is 0. The number of aromatic nitrogens is 2. The minimum Gasteiger partial charge on any atom is -0.382 e. The molecule has 0 atom stereocenters. The van der Waals surface area contributed by atoms with Crippen LogP contribution in [0.2, 0.25) is 0 Å². The molecule has 0 spiro atoms. The molecule has 2 heterocycles. The maximum absolute atomic E-state index is 12.7. The monoisotopic (exact) mass is 275 g/mol. The SMILES string of the molecule is Cc1csc(C)c1C(=O)n1nc(N)c2c1CCCC2. The number of rotatable bonds is 1. The van der Waals surface area contributed by atoms with Gasteiger partial charge in [-0.1, -0.05) is 0 Å². The Morgan fingerprint density at radius 2 is 2.11 bits per heavy atom. The smallest absolute Gasteiger partial charge is 0.279 e. The molecule has 2 aromatic heterocycles. The summed E-state index contributed by atoms with van der Waals surface area (Å²) in [7, 11) is 0. The number of hydrogen-bond acceptors (Lipinski definition) is 4. The summed E-state index contributed by atoms with van der Waals surface area (Å²) < 4.78 is 1.53. The average molecular weight is 275 g/mol. The van der Waals surface area contributed by atoms with Crippen molar-refractivity contribution < 1.29 is 4.79 Å². The van der Waals surface area contributed by atoms with Gasteiger partial charge in [-0.15, -0.1) is 16.4 Å². The zero-order valence-electron chi connectivity index (χ0n) is 11.2. The molecule has 2 aromatic rings. The van der Waals surface area contributed by atoms with Crippen LogP contribution >= 0.6 is 11.3 Å². The number of thiophene rings is 1. The summed E-state index contributed by atoms with van der Waals surface area (Å²) >= 11 is 1.61. The lowest BCUT2D eigenvalue weighted by atomic mass is 9.97. The average Bonchev–Trinajstić information content (AvgIpc) is 2.91. The molecule has 19 heavy (non-hydrogen) atoms. The maximum Gasteiger partial charge on any atom is 0.279 e. The van der Waals surface area contributed by atoms with E-state index in [9.17, 15) is 4.79 Å². The first kappa shape index (κ1) is 12.4. The van der Waals surface area contributed by atoms with E-state index >= 15 is 0 Å². The van der Waals surface area contributed by atoms with Crippen LogP contribution in [0.5, 0.6) is 0 Å². The zero-order chi connectivity index (χ0) is 13.6. The number of carbonyl (C=O) groups excluding carboxylic acids is 1. The fourth-order valence-corrected chi connectivity index (χ4v) is 3.63. The van der Waals surface area contributed by atoms with Crippen LogP contribution in [0.15, 0.2) is 5.38 Å². The Labute approximate surface area is 116 Å². The van der Waals surface area contributed by atoms with Gasteiger partial charge in [0.15, 0.2) is 0 Å². The Hall–Kier alpha value is -1.62. The van der Waals surface area contributed by atoms with Gasteiger partial charge in [-0.05, 0) is 50.5 Å². The zero-order valence-corrected chi connectivity index (χ0v) is 12.0. The van der Waals surface area contributed by atoms with E-state index < -0.39 is 0 Å². The van der Waals surface area contributed by atoms with Crippen LogP contribution in [0, 0.1) is 13.8 Å². The van der Waals surface area contributed by atoms with E-state index in [4.69, 9.17) is 5.73 Å². The van der Waals surface area contributed by atoms with Crippen LogP contribution in [-0.4, -0.2) is 15.7 Å². The van der Waals surface area contributed by atoms with Gasteiger partial charge in [-0.3, -0.25) is 4.79 Å². The molecular weight excluding hydrogens is 258 g/mol. The van der Waals surface area contributed by atoms with Gasteiger partial charge >= 0.3 is 0 Å². The second-order valence-electron chi connectivity index (χ2n) is 5.08. The molecule has 100 valence electrons. The van der Waals surface area contributed by atoms with Crippen LogP contribution in [0.1, 0.15) is 44.9 Å². The van der Waals surface area contributed by atoms with Crippen molar-refractivity contribution in [3.63, 3.8) is 0 Å². The van der Waals surface area contributed by atoms with Gasteiger partial charge in [0.1, 0.15) is 5.82 Å². The van der Waals surface area contributed by atoms with Crippen molar-refractivity contribution >= 4 is 23.1 Å². The molecule has 4 nitrogen and oxygen atoms in total. The number of nitrogen functional groups attached to an aromatic ring is 1. The molecule has 3 rings (SSSR count). The van der Waals surface area contributed by atoms with Gasteiger partial charge in [-0.25, -0.2) is 0 Å². The van der Waals surface area contributed by atoms with Gasteiger partial charge in [0.25, 0.3) is 5.91 Å². The Kier molecular flexibility index (Phi) is 2.93. The fraction of sp³-hybridized carbons (Fsp3) is 0.429. The molecule has 0 radical (unpaired) electrons. The molecule has 0 bridgehead atoms. The Bertz CT molecular complexity index is 634. The van der Waals surface area contributed by atoms with Crippen molar-refractivity contribution in [2.75, 3.05) is 5.73 Å². The van der Waals surface area contributed by atoms with Gasteiger partial charge in [0.2, 0.25) is 0 Å².